The van der Waals surface area contributed by atoms with Crippen LogP contribution in [0.15, 0.2) is 23.3 Å². The average molecular weight is 152 g/mol. The summed E-state index contributed by atoms with van der Waals surface area (Å²) in [7, 11) is 0. The molecular formula is C10H16O. The second-order valence-electron chi connectivity index (χ2n) is 2.83. The lowest BCUT2D eigenvalue weighted by atomic mass is 10.1. The van der Waals surface area contributed by atoms with Crippen LogP contribution in [0.4, 0.5) is 0 Å². The predicted octanol–water partition coefficient (Wildman–Crippen LogP) is 2.88. The molecule has 0 amide bonds. The van der Waals surface area contributed by atoms with Crippen LogP contribution in [0, 0.1) is 0 Å². The van der Waals surface area contributed by atoms with E-state index in [-0.39, 0.29) is 0 Å². The Balaban J connectivity index is 4.16. The molecule has 0 aromatic rings. The standard InChI is InChI=1S/C10H16O/c1-4-5-6-10(8-11)7-9(2)3/h6-8H,4-5H2,1-3H3. The van der Waals surface area contributed by atoms with E-state index >= 15 is 0 Å². The highest BCUT2D eigenvalue weighted by molar-refractivity contribution is 5.77. The quantitative estimate of drug-likeness (QED) is 0.344. The Labute approximate surface area is 68.8 Å². The van der Waals surface area contributed by atoms with Gasteiger partial charge in [0, 0.05) is 5.57 Å². The molecule has 11 heavy (non-hydrogen) atoms. The van der Waals surface area contributed by atoms with Gasteiger partial charge in [-0.2, -0.15) is 0 Å². The topological polar surface area (TPSA) is 17.1 Å². The minimum Gasteiger partial charge on any atom is -0.298 e. The minimum absolute atomic E-state index is 0.798. The first-order valence-corrected chi connectivity index (χ1v) is 4.01. The Bertz CT molecular complexity index is 171. The van der Waals surface area contributed by atoms with Crippen LogP contribution in [0.25, 0.3) is 0 Å². The van der Waals surface area contributed by atoms with Crippen molar-refractivity contribution in [1.82, 2.24) is 0 Å². The number of aldehydes is 1. The number of hydrogen-bond acceptors (Lipinski definition) is 1. The predicted molar refractivity (Wildman–Crippen MR) is 48.5 cm³/mol. The highest BCUT2D eigenvalue weighted by atomic mass is 16.1. The molecule has 0 aliphatic rings. The number of hydrogen-bond donors (Lipinski definition) is 0. The fourth-order valence-electron chi connectivity index (χ4n) is 0.785. The summed E-state index contributed by atoms with van der Waals surface area (Å²) in [5.41, 5.74) is 1.96. The zero-order valence-corrected chi connectivity index (χ0v) is 7.55. The summed E-state index contributed by atoms with van der Waals surface area (Å²) >= 11 is 0. The van der Waals surface area contributed by atoms with E-state index in [1.54, 1.807) is 0 Å². The molecule has 0 aromatic carbocycles. The Morgan fingerprint density at radius 2 is 2.00 bits per heavy atom. The van der Waals surface area contributed by atoms with Gasteiger partial charge in [0.1, 0.15) is 6.29 Å². The van der Waals surface area contributed by atoms with E-state index in [1.807, 2.05) is 26.0 Å². The van der Waals surface area contributed by atoms with Gasteiger partial charge in [-0.25, -0.2) is 0 Å². The molecule has 0 aliphatic heterocycles. The van der Waals surface area contributed by atoms with Crippen molar-refractivity contribution in [3.63, 3.8) is 0 Å². The molecule has 0 aliphatic carbocycles. The summed E-state index contributed by atoms with van der Waals surface area (Å²) in [6, 6.07) is 0. The zero-order chi connectivity index (χ0) is 8.69. The van der Waals surface area contributed by atoms with Crippen molar-refractivity contribution >= 4 is 6.29 Å². The van der Waals surface area contributed by atoms with Gasteiger partial charge in [0.05, 0.1) is 0 Å². The zero-order valence-electron chi connectivity index (χ0n) is 7.55. The molecule has 1 heteroatoms. The molecule has 0 spiro atoms. The third kappa shape index (κ3) is 5.59. The molecule has 0 rings (SSSR count). The van der Waals surface area contributed by atoms with Gasteiger partial charge in [-0.3, -0.25) is 4.79 Å². The summed E-state index contributed by atoms with van der Waals surface area (Å²) in [5, 5.41) is 0. The second kappa shape index (κ2) is 5.90. The van der Waals surface area contributed by atoms with E-state index in [0.717, 1.165) is 24.7 Å². The highest BCUT2D eigenvalue weighted by Crippen LogP contribution is 2.01. The number of carbonyl (C=O) groups excluding carboxylic acids is 1. The van der Waals surface area contributed by atoms with Crippen LogP contribution >= 0.6 is 0 Å². The Morgan fingerprint density at radius 3 is 2.36 bits per heavy atom. The van der Waals surface area contributed by atoms with Gasteiger partial charge in [0.25, 0.3) is 0 Å². The molecule has 0 saturated carbocycles. The summed E-state index contributed by atoms with van der Waals surface area (Å²) < 4.78 is 0. The Hall–Kier alpha value is -0.850. The first kappa shape index (κ1) is 10.2. The Morgan fingerprint density at radius 1 is 1.36 bits per heavy atom. The SMILES string of the molecule is CCCC=C(C=O)C=C(C)C. The van der Waals surface area contributed by atoms with E-state index in [2.05, 4.69) is 6.92 Å². The first-order valence-electron chi connectivity index (χ1n) is 4.01. The van der Waals surface area contributed by atoms with Crippen molar-refractivity contribution in [1.29, 1.82) is 0 Å². The van der Waals surface area contributed by atoms with Gasteiger partial charge >= 0.3 is 0 Å². The van der Waals surface area contributed by atoms with Crippen molar-refractivity contribution < 1.29 is 4.79 Å². The molecule has 62 valence electrons. The van der Waals surface area contributed by atoms with Crippen LogP contribution in [0.3, 0.4) is 0 Å². The lowest BCUT2D eigenvalue weighted by molar-refractivity contribution is -0.104. The number of rotatable bonds is 4. The van der Waals surface area contributed by atoms with Gasteiger partial charge in [-0.1, -0.05) is 31.1 Å². The van der Waals surface area contributed by atoms with Crippen molar-refractivity contribution in [2.45, 2.75) is 33.6 Å². The minimum atomic E-state index is 0.798. The first-order chi connectivity index (χ1) is 5.20. The summed E-state index contributed by atoms with van der Waals surface area (Å²) in [5.74, 6) is 0. The molecule has 0 aromatic heterocycles. The average Bonchev–Trinajstić information content (AvgIpc) is 1.97. The molecule has 0 N–H and O–H groups in total. The molecular weight excluding hydrogens is 136 g/mol. The molecule has 0 radical (unpaired) electrons. The van der Waals surface area contributed by atoms with Crippen LogP contribution in [0.2, 0.25) is 0 Å². The Kier molecular flexibility index (Phi) is 5.44. The maximum atomic E-state index is 10.4. The smallest absolute Gasteiger partial charge is 0.149 e. The van der Waals surface area contributed by atoms with E-state index in [0.29, 0.717) is 0 Å². The molecule has 0 saturated heterocycles. The van der Waals surface area contributed by atoms with Crippen LogP contribution in [-0.2, 0) is 4.79 Å². The monoisotopic (exact) mass is 152 g/mol. The van der Waals surface area contributed by atoms with E-state index < -0.39 is 0 Å². The van der Waals surface area contributed by atoms with Gasteiger partial charge in [0.15, 0.2) is 0 Å². The summed E-state index contributed by atoms with van der Waals surface area (Å²) in [6.45, 7) is 6.08. The van der Waals surface area contributed by atoms with Gasteiger partial charge in [0.2, 0.25) is 0 Å². The van der Waals surface area contributed by atoms with Gasteiger partial charge in [-0.05, 0) is 20.3 Å². The van der Waals surface area contributed by atoms with E-state index in [9.17, 15) is 4.79 Å². The van der Waals surface area contributed by atoms with Crippen LogP contribution in [0.5, 0.6) is 0 Å². The third-order valence-electron chi connectivity index (χ3n) is 1.26. The number of carbonyl (C=O) groups is 1. The van der Waals surface area contributed by atoms with Crippen molar-refractivity contribution in [2.24, 2.45) is 0 Å². The summed E-state index contributed by atoms with van der Waals surface area (Å²) in [4.78, 5) is 10.4. The van der Waals surface area contributed by atoms with E-state index in [4.69, 9.17) is 0 Å². The van der Waals surface area contributed by atoms with Gasteiger partial charge in [-0.15, -0.1) is 0 Å². The van der Waals surface area contributed by atoms with Crippen molar-refractivity contribution in [3.05, 3.63) is 23.3 Å². The molecule has 1 nitrogen and oxygen atoms in total. The summed E-state index contributed by atoms with van der Waals surface area (Å²) in [6.07, 6.45) is 6.86. The maximum Gasteiger partial charge on any atom is 0.149 e. The fourth-order valence-corrected chi connectivity index (χ4v) is 0.785. The van der Waals surface area contributed by atoms with Crippen molar-refractivity contribution in [2.75, 3.05) is 0 Å². The molecule has 0 unspecified atom stereocenters. The lowest BCUT2D eigenvalue weighted by Crippen LogP contribution is -1.80. The van der Waals surface area contributed by atoms with E-state index in [1.165, 1.54) is 5.57 Å². The normalized spacial score (nSPS) is 11.0. The second-order valence-corrected chi connectivity index (χ2v) is 2.83. The maximum absolute atomic E-state index is 10.4. The molecule has 0 heterocycles. The lowest BCUT2D eigenvalue weighted by Gasteiger charge is -1.91. The number of unbranched alkanes of at least 4 members (excludes halogenated alkanes) is 1. The largest absolute Gasteiger partial charge is 0.298 e. The fraction of sp³-hybridized carbons (Fsp3) is 0.500. The van der Waals surface area contributed by atoms with Crippen molar-refractivity contribution in [3.8, 4) is 0 Å². The number of allylic oxidation sites excluding steroid dienone is 4. The molecule has 0 bridgehead atoms. The molecule has 0 atom stereocenters. The van der Waals surface area contributed by atoms with Crippen LogP contribution in [0.1, 0.15) is 33.6 Å². The van der Waals surface area contributed by atoms with Crippen LogP contribution < -0.4 is 0 Å². The molecule has 0 fully saturated rings. The van der Waals surface area contributed by atoms with Gasteiger partial charge < -0.3 is 0 Å². The highest BCUT2D eigenvalue weighted by Gasteiger charge is 1.87. The third-order valence-corrected chi connectivity index (χ3v) is 1.26. The van der Waals surface area contributed by atoms with Crippen LogP contribution in [-0.4, -0.2) is 6.29 Å².